The highest BCUT2D eigenvalue weighted by molar-refractivity contribution is 5.61. The van der Waals surface area contributed by atoms with Crippen LogP contribution in [-0.4, -0.2) is 41.4 Å². The van der Waals surface area contributed by atoms with Crippen molar-refractivity contribution >= 4 is 11.5 Å². The number of piperazine rings is 1. The first-order valence-electron chi connectivity index (χ1n) is 6.67. The number of anilines is 2. The molecule has 0 aliphatic carbocycles. The molecule has 5 nitrogen and oxygen atoms in total. The molecule has 0 bridgehead atoms. The van der Waals surface area contributed by atoms with Crippen LogP contribution in [0.2, 0.25) is 0 Å². The quantitative estimate of drug-likeness (QED) is 0.816. The summed E-state index contributed by atoms with van der Waals surface area (Å²) < 4.78 is 0. The molecule has 20 heavy (non-hydrogen) atoms. The minimum Gasteiger partial charge on any atom is -0.508 e. The van der Waals surface area contributed by atoms with Crippen molar-refractivity contribution in [3.8, 4) is 11.5 Å². The smallest absolute Gasteiger partial charge is 0.139 e. The van der Waals surface area contributed by atoms with Gasteiger partial charge >= 0.3 is 0 Å². The summed E-state index contributed by atoms with van der Waals surface area (Å²) in [7, 11) is 0. The third kappa shape index (κ3) is 2.47. The topological polar surface area (TPSA) is 59.8 Å². The fraction of sp³-hybridized carbons (Fsp3) is 0.267. The van der Waals surface area contributed by atoms with Gasteiger partial charge in [0.2, 0.25) is 0 Å². The lowest BCUT2D eigenvalue weighted by Gasteiger charge is -2.36. The number of rotatable bonds is 2. The van der Waals surface area contributed by atoms with E-state index in [-0.39, 0.29) is 11.5 Å². The molecule has 2 heterocycles. The van der Waals surface area contributed by atoms with E-state index in [9.17, 15) is 10.2 Å². The van der Waals surface area contributed by atoms with Crippen LogP contribution in [0.5, 0.6) is 11.5 Å². The van der Waals surface area contributed by atoms with Crippen molar-refractivity contribution in [1.82, 2.24) is 4.98 Å². The van der Waals surface area contributed by atoms with E-state index in [2.05, 4.69) is 14.8 Å². The van der Waals surface area contributed by atoms with Gasteiger partial charge in [-0.1, -0.05) is 6.07 Å². The van der Waals surface area contributed by atoms with Crippen molar-refractivity contribution in [1.29, 1.82) is 0 Å². The van der Waals surface area contributed by atoms with Crippen LogP contribution in [0.1, 0.15) is 0 Å². The van der Waals surface area contributed by atoms with E-state index in [1.807, 2.05) is 18.2 Å². The maximum atomic E-state index is 9.89. The maximum absolute atomic E-state index is 9.89. The van der Waals surface area contributed by atoms with Gasteiger partial charge in [0.05, 0.1) is 5.69 Å². The van der Waals surface area contributed by atoms with Crippen molar-refractivity contribution in [3.63, 3.8) is 0 Å². The molecule has 1 aliphatic heterocycles. The highest BCUT2D eigenvalue weighted by atomic mass is 16.3. The van der Waals surface area contributed by atoms with Gasteiger partial charge in [0.15, 0.2) is 0 Å². The second-order valence-electron chi connectivity index (χ2n) is 4.84. The molecule has 0 unspecified atom stereocenters. The summed E-state index contributed by atoms with van der Waals surface area (Å²) in [4.78, 5) is 8.65. The van der Waals surface area contributed by atoms with E-state index in [1.54, 1.807) is 12.3 Å². The van der Waals surface area contributed by atoms with Crippen LogP contribution in [-0.2, 0) is 0 Å². The molecule has 2 aromatic rings. The number of pyridine rings is 1. The van der Waals surface area contributed by atoms with Gasteiger partial charge in [-0.05, 0) is 24.3 Å². The van der Waals surface area contributed by atoms with E-state index in [1.165, 1.54) is 12.1 Å². The molecule has 0 spiro atoms. The van der Waals surface area contributed by atoms with Crippen LogP contribution in [0.25, 0.3) is 0 Å². The van der Waals surface area contributed by atoms with Gasteiger partial charge in [0, 0.05) is 38.4 Å². The molecule has 1 aliphatic rings. The monoisotopic (exact) mass is 271 g/mol. The normalized spacial score (nSPS) is 15.4. The first-order valence-corrected chi connectivity index (χ1v) is 6.67. The molecular weight excluding hydrogens is 254 g/mol. The highest BCUT2D eigenvalue weighted by Crippen LogP contribution is 2.31. The molecular formula is C15H17N3O2. The molecule has 0 saturated carbocycles. The predicted molar refractivity (Wildman–Crippen MR) is 78.4 cm³/mol. The SMILES string of the molecule is Oc1ccc(O)c(N2CCN(c3ccccn3)CC2)c1. The Morgan fingerprint density at radius 3 is 2.35 bits per heavy atom. The number of phenolic OH excluding ortho intramolecular Hbond substituents is 2. The van der Waals surface area contributed by atoms with E-state index in [0.29, 0.717) is 5.69 Å². The predicted octanol–water partition coefficient (Wildman–Crippen LogP) is 1.82. The van der Waals surface area contributed by atoms with Crippen molar-refractivity contribution in [3.05, 3.63) is 42.6 Å². The van der Waals surface area contributed by atoms with Gasteiger partial charge < -0.3 is 20.0 Å². The van der Waals surface area contributed by atoms with Gasteiger partial charge in [-0.3, -0.25) is 0 Å². The molecule has 0 radical (unpaired) electrons. The fourth-order valence-electron chi connectivity index (χ4n) is 2.48. The summed E-state index contributed by atoms with van der Waals surface area (Å²) in [5, 5.41) is 19.4. The summed E-state index contributed by atoms with van der Waals surface area (Å²) in [6.07, 6.45) is 1.79. The maximum Gasteiger partial charge on any atom is 0.139 e. The van der Waals surface area contributed by atoms with Crippen LogP contribution in [0.3, 0.4) is 0 Å². The summed E-state index contributed by atoms with van der Waals surface area (Å²) >= 11 is 0. The van der Waals surface area contributed by atoms with Crippen LogP contribution in [0, 0.1) is 0 Å². The molecule has 1 aromatic heterocycles. The zero-order chi connectivity index (χ0) is 13.9. The van der Waals surface area contributed by atoms with Crippen molar-refractivity contribution in [2.45, 2.75) is 0 Å². The molecule has 1 fully saturated rings. The van der Waals surface area contributed by atoms with Gasteiger partial charge in [-0.25, -0.2) is 4.98 Å². The summed E-state index contributed by atoms with van der Waals surface area (Å²) in [6, 6.07) is 10.5. The number of benzene rings is 1. The van der Waals surface area contributed by atoms with Crippen molar-refractivity contribution in [2.24, 2.45) is 0 Å². The Morgan fingerprint density at radius 1 is 0.900 bits per heavy atom. The molecule has 1 aromatic carbocycles. The molecule has 0 amide bonds. The number of aromatic hydroxyl groups is 2. The third-order valence-electron chi connectivity index (χ3n) is 3.55. The largest absolute Gasteiger partial charge is 0.508 e. The van der Waals surface area contributed by atoms with Crippen LogP contribution >= 0.6 is 0 Å². The van der Waals surface area contributed by atoms with Gasteiger partial charge in [-0.15, -0.1) is 0 Å². The Hall–Kier alpha value is -2.43. The molecule has 2 N–H and O–H groups in total. The Bertz CT molecular complexity index is 581. The Balaban J connectivity index is 1.71. The van der Waals surface area contributed by atoms with Crippen molar-refractivity contribution in [2.75, 3.05) is 36.0 Å². The summed E-state index contributed by atoms with van der Waals surface area (Å²) in [5.74, 6) is 1.35. The third-order valence-corrected chi connectivity index (χ3v) is 3.55. The first-order chi connectivity index (χ1) is 9.74. The summed E-state index contributed by atoms with van der Waals surface area (Å²) in [6.45, 7) is 3.25. The van der Waals surface area contributed by atoms with Crippen LogP contribution in [0.15, 0.2) is 42.6 Å². The Kier molecular flexibility index (Phi) is 3.33. The number of aromatic nitrogens is 1. The average molecular weight is 271 g/mol. The zero-order valence-electron chi connectivity index (χ0n) is 11.1. The second-order valence-corrected chi connectivity index (χ2v) is 4.84. The standard InChI is InChI=1S/C15H17N3O2/c19-12-4-5-14(20)13(11-12)17-7-9-18(10-8-17)15-3-1-2-6-16-15/h1-6,11,19-20H,7-10H2. The van der Waals surface area contributed by atoms with E-state index < -0.39 is 0 Å². The number of nitrogens with zero attached hydrogens (tertiary/aromatic N) is 3. The fourth-order valence-corrected chi connectivity index (χ4v) is 2.48. The Morgan fingerprint density at radius 2 is 1.65 bits per heavy atom. The second kappa shape index (κ2) is 5.28. The molecule has 5 heteroatoms. The minimum atomic E-state index is 0.171. The van der Waals surface area contributed by atoms with Gasteiger partial charge in [0.25, 0.3) is 0 Å². The Labute approximate surface area is 117 Å². The van der Waals surface area contributed by atoms with E-state index in [0.717, 1.165) is 32.0 Å². The lowest BCUT2D eigenvalue weighted by molar-refractivity contribution is 0.458. The van der Waals surface area contributed by atoms with Gasteiger partial charge in [-0.2, -0.15) is 0 Å². The average Bonchev–Trinajstić information content (AvgIpc) is 2.51. The van der Waals surface area contributed by atoms with Crippen molar-refractivity contribution < 1.29 is 10.2 Å². The minimum absolute atomic E-state index is 0.171. The molecule has 1 saturated heterocycles. The lowest BCUT2D eigenvalue weighted by atomic mass is 10.2. The number of hydrogen-bond donors (Lipinski definition) is 2. The molecule has 0 atom stereocenters. The van der Waals surface area contributed by atoms with Crippen LogP contribution in [0.4, 0.5) is 11.5 Å². The zero-order valence-corrected chi connectivity index (χ0v) is 11.1. The van der Waals surface area contributed by atoms with Crippen LogP contribution < -0.4 is 9.80 Å². The number of phenols is 2. The summed E-state index contributed by atoms with van der Waals surface area (Å²) in [5.41, 5.74) is 0.686. The van der Waals surface area contributed by atoms with Gasteiger partial charge in [0.1, 0.15) is 17.3 Å². The first kappa shape index (κ1) is 12.6. The molecule has 3 rings (SSSR count). The van der Waals surface area contributed by atoms with E-state index in [4.69, 9.17) is 0 Å². The molecule has 104 valence electrons. The van der Waals surface area contributed by atoms with E-state index >= 15 is 0 Å². The highest BCUT2D eigenvalue weighted by Gasteiger charge is 2.20. The lowest BCUT2D eigenvalue weighted by Crippen LogP contribution is -2.46. The number of hydrogen-bond acceptors (Lipinski definition) is 5.